The number of aliphatic hydroxyl groups is 1. The number of rotatable bonds is 3. The first-order valence-corrected chi connectivity index (χ1v) is 7.77. The molecule has 2 aromatic carbocycles. The van der Waals surface area contributed by atoms with Gasteiger partial charge in [0.25, 0.3) is 0 Å². The molecule has 1 N–H and O–H groups in total. The molecule has 0 amide bonds. The van der Waals surface area contributed by atoms with Crippen molar-refractivity contribution >= 4 is 0 Å². The zero-order valence-electron chi connectivity index (χ0n) is 12.1. The van der Waals surface area contributed by atoms with Crippen LogP contribution in [0.5, 0.6) is 0 Å². The standard InChI is InChI=1S/C19H21FO/c20-18-12-10-17(11-13-18)19(21)16-8-6-15(7-9-16)14-4-2-1-3-5-14/h6-14,19,21H,1-5H2. The summed E-state index contributed by atoms with van der Waals surface area (Å²) in [6, 6.07) is 14.3. The molecule has 21 heavy (non-hydrogen) atoms. The van der Waals surface area contributed by atoms with E-state index in [1.54, 1.807) is 12.1 Å². The SMILES string of the molecule is OC(c1ccc(F)cc1)c1ccc(C2CCCCC2)cc1. The summed E-state index contributed by atoms with van der Waals surface area (Å²) in [5.41, 5.74) is 2.97. The van der Waals surface area contributed by atoms with Crippen molar-refractivity contribution in [2.75, 3.05) is 0 Å². The number of hydrogen-bond donors (Lipinski definition) is 1. The van der Waals surface area contributed by atoms with Gasteiger partial charge in [-0.1, -0.05) is 55.7 Å². The number of hydrogen-bond acceptors (Lipinski definition) is 1. The minimum absolute atomic E-state index is 0.279. The van der Waals surface area contributed by atoms with Crippen molar-refractivity contribution in [3.63, 3.8) is 0 Å². The maximum Gasteiger partial charge on any atom is 0.123 e. The van der Waals surface area contributed by atoms with Crippen molar-refractivity contribution in [3.8, 4) is 0 Å². The molecule has 1 aliphatic rings. The molecule has 1 aliphatic carbocycles. The van der Waals surface area contributed by atoms with Crippen molar-refractivity contribution in [3.05, 3.63) is 71.0 Å². The topological polar surface area (TPSA) is 20.2 Å². The first-order chi connectivity index (χ1) is 10.2. The van der Waals surface area contributed by atoms with Gasteiger partial charge in [0, 0.05) is 0 Å². The molecule has 1 atom stereocenters. The maximum absolute atomic E-state index is 12.9. The van der Waals surface area contributed by atoms with E-state index in [4.69, 9.17) is 0 Å². The van der Waals surface area contributed by atoms with Gasteiger partial charge >= 0.3 is 0 Å². The molecule has 0 saturated heterocycles. The molecule has 1 saturated carbocycles. The van der Waals surface area contributed by atoms with Gasteiger partial charge in [0.05, 0.1) is 0 Å². The summed E-state index contributed by atoms with van der Waals surface area (Å²) in [6.45, 7) is 0. The number of aliphatic hydroxyl groups excluding tert-OH is 1. The average molecular weight is 284 g/mol. The van der Waals surface area contributed by atoms with Crippen LogP contribution in [-0.4, -0.2) is 5.11 Å². The molecule has 0 aliphatic heterocycles. The molecule has 1 fully saturated rings. The molecule has 0 bridgehead atoms. The fourth-order valence-electron chi connectivity index (χ4n) is 3.22. The van der Waals surface area contributed by atoms with Crippen molar-refractivity contribution in [2.45, 2.75) is 44.1 Å². The van der Waals surface area contributed by atoms with Crippen LogP contribution in [0.25, 0.3) is 0 Å². The summed E-state index contributed by atoms with van der Waals surface area (Å²) >= 11 is 0. The molecule has 110 valence electrons. The normalized spacial score (nSPS) is 17.6. The van der Waals surface area contributed by atoms with Gasteiger partial charge in [-0.2, -0.15) is 0 Å². The third kappa shape index (κ3) is 3.33. The van der Waals surface area contributed by atoms with Crippen LogP contribution < -0.4 is 0 Å². The monoisotopic (exact) mass is 284 g/mol. The highest BCUT2D eigenvalue weighted by Crippen LogP contribution is 2.33. The lowest BCUT2D eigenvalue weighted by Gasteiger charge is -2.22. The number of halogens is 1. The lowest BCUT2D eigenvalue weighted by atomic mass is 9.83. The average Bonchev–Trinajstić information content (AvgIpc) is 2.56. The molecule has 0 spiro atoms. The Morgan fingerprint density at radius 3 is 1.90 bits per heavy atom. The Labute approximate surface area is 125 Å². The van der Waals surface area contributed by atoms with Crippen LogP contribution in [-0.2, 0) is 0 Å². The summed E-state index contributed by atoms with van der Waals surface area (Å²) in [6.07, 6.45) is 5.87. The van der Waals surface area contributed by atoms with Crippen molar-refractivity contribution in [1.82, 2.24) is 0 Å². The summed E-state index contributed by atoms with van der Waals surface area (Å²) in [7, 11) is 0. The van der Waals surface area contributed by atoms with Gasteiger partial charge in [-0.25, -0.2) is 4.39 Å². The molecular formula is C19H21FO. The van der Waals surface area contributed by atoms with Gasteiger partial charge in [0.2, 0.25) is 0 Å². The number of benzene rings is 2. The van der Waals surface area contributed by atoms with E-state index in [0.29, 0.717) is 5.92 Å². The van der Waals surface area contributed by atoms with Gasteiger partial charge in [-0.05, 0) is 47.6 Å². The van der Waals surface area contributed by atoms with E-state index in [1.165, 1.54) is 49.8 Å². The molecule has 2 aromatic rings. The second-order valence-corrected chi connectivity index (χ2v) is 5.96. The van der Waals surface area contributed by atoms with Crippen LogP contribution in [0.2, 0.25) is 0 Å². The highest BCUT2D eigenvalue weighted by molar-refractivity contribution is 5.33. The Morgan fingerprint density at radius 1 is 0.810 bits per heavy atom. The second-order valence-electron chi connectivity index (χ2n) is 5.96. The minimum atomic E-state index is -0.689. The zero-order chi connectivity index (χ0) is 14.7. The van der Waals surface area contributed by atoms with Gasteiger partial charge < -0.3 is 5.11 Å². The highest BCUT2D eigenvalue weighted by atomic mass is 19.1. The van der Waals surface area contributed by atoms with Gasteiger partial charge in [-0.15, -0.1) is 0 Å². The predicted molar refractivity (Wildman–Crippen MR) is 82.7 cm³/mol. The fraction of sp³-hybridized carbons (Fsp3) is 0.368. The summed E-state index contributed by atoms with van der Waals surface area (Å²) in [4.78, 5) is 0. The molecule has 2 heteroatoms. The van der Waals surface area contributed by atoms with E-state index < -0.39 is 6.10 Å². The summed E-state index contributed by atoms with van der Waals surface area (Å²) < 4.78 is 12.9. The van der Waals surface area contributed by atoms with E-state index in [9.17, 15) is 9.50 Å². The van der Waals surface area contributed by atoms with Crippen molar-refractivity contribution in [2.24, 2.45) is 0 Å². The first kappa shape index (κ1) is 14.3. The third-order valence-corrected chi connectivity index (χ3v) is 4.51. The Bertz CT molecular complexity index is 568. The smallest absolute Gasteiger partial charge is 0.123 e. The predicted octanol–water partition coefficient (Wildman–Crippen LogP) is 4.96. The minimum Gasteiger partial charge on any atom is -0.384 e. The lowest BCUT2D eigenvalue weighted by molar-refractivity contribution is 0.220. The summed E-state index contributed by atoms with van der Waals surface area (Å²) in [5.74, 6) is 0.398. The molecule has 0 radical (unpaired) electrons. The van der Waals surface area contributed by atoms with E-state index >= 15 is 0 Å². The van der Waals surface area contributed by atoms with Crippen molar-refractivity contribution in [1.29, 1.82) is 0 Å². The maximum atomic E-state index is 12.9. The van der Waals surface area contributed by atoms with Crippen LogP contribution in [0.15, 0.2) is 48.5 Å². The Kier molecular flexibility index (Phi) is 4.35. The quantitative estimate of drug-likeness (QED) is 0.845. The Hall–Kier alpha value is -1.67. The molecule has 1 unspecified atom stereocenters. The molecule has 1 nitrogen and oxygen atoms in total. The molecule has 3 rings (SSSR count). The summed E-state index contributed by atoms with van der Waals surface area (Å²) in [5, 5.41) is 10.4. The van der Waals surface area contributed by atoms with E-state index in [1.807, 2.05) is 12.1 Å². The third-order valence-electron chi connectivity index (χ3n) is 4.51. The van der Waals surface area contributed by atoms with Crippen molar-refractivity contribution < 1.29 is 9.50 Å². The van der Waals surface area contributed by atoms with Gasteiger partial charge in [0.1, 0.15) is 11.9 Å². The lowest BCUT2D eigenvalue weighted by Crippen LogP contribution is -2.05. The van der Waals surface area contributed by atoms with Gasteiger partial charge in [-0.3, -0.25) is 0 Å². The van der Waals surface area contributed by atoms with Crippen LogP contribution in [0.1, 0.15) is 60.8 Å². The fourth-order valence-corrected chi connectivity index (χ4v) is 3.22. The molecule has 0 aromatic heterocycles. The van der Waals surface area contributed by atoms with Gasteiger partial charge in [0.15, 0.2) is 0 Å². The Morgan fingerprint density at radius 2 is 1.33 bits per heavy atom. The molecular weight excluding hydrogens is 263 g/mol. The van der Waals surface area contributed by atoms with Crippen LogP contribution in [0.4, 0.5) is 4.39 Å². The second kappa shape index (κ2) is 6.40. The van der Waals surface area contributed by atoms with Crippen LogP contribution in [0, 0.1) is 5.82 Å². The molecule has 0 heterocycles. The van der Waals surface area contributed by atoms with E-state index in [0.717, 1.165) is 11.1 Å². The largest absolute Gasteiger partial charge is 0.384 e. The van der Waals surface area contributed by atoms with Crippen LogP contribution in [0.3, 0.4) is 0 Å². The Balaban J connectivity index is 1.75. The first-order valence-electron chi connectivity index (χ1n) is 7.77. The van der Waals surface area contributed by atoms with E-state index in [-0.39, 0.29) is 5.82 Å². The van der Waals surface area contributed by atoms with E-state index in [2.05, 4.69) is 12.1 Å². The van der Waals surface area contributed by atoms with Crippen LogP contribution >= 0.6 is 0 Å². The zero-order valence-corrected chi connectivity index (χ0v) is 12.1. The highest BCUT2D eigenvalue weighted by Gasteiger charge is 2.16.